The lowest BCUT2D eigenvalue weighted by Crippen LogP contribution is -2.66. The zero-order valence-corrected chi connectivity index (χ0v) is 68.2. The fourth-order valence-electron chi connectivity index (χ4n) is 10.1. The Hall–Kier alpha value is -11.0. The molecular formula is C76H116N16O18. The number of hydrogen-bond acceptors (Lipinski definition) is 19. The molecule has 3 aromatic carbocycles. The lowest BCUT2D eigenvalue weighted by atomic mass is 9.97. The first-order valence-corrected chi connectivity index (χ1v) is 35.9. The molecule has 34 heteroatoms. The summed E-state index contributed by atoms with van der Waals surface area (Å²) >= 11 is 0. The number of amides is 15. The summed E-state index contributed by atoms with van der Waals surface area (Å²) in [4.78, 5) is 219. The number of esters is 1. The van der Waals surface area contributed by atoms with E-state index in [0.29, 0.717) is 11.1 Å². The van der Waals surface area contributed by atoms with Gasteiger partial charge in [-0.25, -0.2) is 9.59 Å². The topological polar surface area (TPSA) is 475 Å². The third-order valence-electron chi connectivity index (χ3n) is 17.4. The standard InChI is InChI=1S/C76H116N16O18/c1-40(79-63(103)73(16,17)90-58(98)51(38-46-32-35-50(36-33-46)92(24)25)83-66(106)75(20,21)87-55(95)43(4)78-62(102)71(12,13)89-57(97)44(5)82-68(108)110-69(7,8)9)53(93)85-70(10,11)61(101)77-42(3)56(96)88-76(22,23)67(107)84-52(39-47-31-34-48-29-27-28-30-49(48)37-47)59(99)91-74(18,19)64(104)80-41(2)54(94)86-72(14,15)65(105)81-45(6)60(100)109-26/h27-37,40-45,51-52H,38-39H2,1-26H3,(H,77,101)(H,78,102)(H,79,103)(H,80,104)(H,81,105)(H,82,108)(H,83,106)(H,84,107)(H,85,93)(H,86,94)(H,87,95)(H,88,96)(H,89,97)(H,90,98)(H,91,99)/t40-,41-,42-,43-,44-,45-,51-,52-/m0/s1. The number of carbonyl (C=O) groups is 16. The van der Waals surface area contributed by atoms with Crippen molar-refractivity contribution < 1.29 is 86.2 Å². The number of alkyl carbamates (subject to hydrolysis) is 1. The van der Waals surface area contributed by atoms with Gasteiger partial charge in [0.2, 0.25) is 82.7 Å². The molecule has 0 aromatic heterocycles. The fourth-order valence-corrected chi connectivity index (χ4v) is 10.1. The fraction of sp³-hybridized carbons (Fsp3) is 0.579. The second-order valence-electron chi connectivity index (χ2n) is 32.4. The van der Waals surface area contributed by atoms with E-state index in [-0.39, 0.29) is 12.8 Å². The van der Waals surface area contributed by atoms with E-state index in [2.05, 4.69) is 84.5 Å². The number of rotatable bonds is 35. The highest BCUT2D eigenvalue weighted by molar-refractivity contribution is 6.03. The van der Waals surface area contributed by atoms with Crippen LogP contribution < -0.4 is 84.7 Å². The van der Waals surface area contributed by atoms with Crippen LogP contribution in [-0.4, -0.2) is 209 Å². The van der Waals surface area contributed by atoms with Gasteiger partial charge in [-0.1, -0.05) is 54.6 Å². The molecule has 0 saturated carbocycles. The molecule has 0 heterocycles. The number of ether oxygens (including phenoxy) is 2. The summed E-state index contributed by atoms with van der Waals surface area (Å²) in [5.41, 5.74) is -10.9. The van der Waals surface area contributed by atoms with E-state index in [9.17, 15) is 76.7 Å². The van der Waals surface area contributed by atoms with E-state index in [1.165, 1.54) is 138 Å². The number of benzene rings is 3. The number of anilines is 1. The molecule has 0 saturated heterocycles. The van der Waals surface area contributed by atoms with Crippen LogP contribution in [0.3, 0.4) is 0 Å². The first-order chi connectivity index (χ1) is 50.2. The maximum Gasteiger partial charge on any atom is 0.408 e. The molecule has 0 aliphatic heterocycles. The number of methoxy groups -OCH3 is 1. The predicted molar refractivity (Wildman–Crippen MR) is 410 cm³/mol. The average molecular weight is 1540 g/mol. The van der Waals surface area contributed by atoms with Gasteiger partial charge in [0.1, 0.15) is 92.7 Å². The van der Waals surface area contributed by atoms with Crippen LogP contribution in [0.25, 0.3) is 10.8 Å². The number of carbonyl (C=O) groups excluding carboxylic acids is 16. The lowest BCUT2D eigenvalue weighted by Gasteiger charge is -2.33. The molecule has 0 aliphatic rings. The SMILES string of the molecule is COC(=O)[C@H](C)NC(=O)C(C)(C)NC(=O)[C@H](C)NC(=O)C(C)(C)NC(=O)[C@H](Cc1ccc2ccccc2c1)NC(=O)C(C)(C)NC(=O)[C@H](C)NC(=O)C(C)(C)NC(=O)[C@H](C)NC(=O)C(C)(C)NC(=O)[C@H](Cc1ccc(N(C)C)cc1)NC(=O)C(C)(C)NC(=O)[C@H](C)NC(=O)C(C)(C)NC(=O)[C@H](C)NC(=O)OC(C)(C)C. The second kappa shape index (κ2) is 37.4. The van der Waals surface area contributed by atoms with Crippen LogP contribution in [0.2, 0.25) is 0 Å². The van der Waals surface area contributed by atoms with Gasteiger partial charge in [-0.2, -0.15) is 0 Å². The molecule has 0 aliphatic carbocycles. The van der Waals surface area contributed by atoms with Crippen molar-refractivity contribution in [3.05, 3.63) is 77.9 Å². The Balaban J connectivity index is 1.73. The van der Waals surface area contributed by atoms with Gasteiger partial charge in [0.25, 0.3) is 0 Å². The normalized spacial score (nSPS) is 14.3. The largest absolute Gasteiger partial charge is 0.467 e. The minimum atomic E-state index is -1.81. The minimum Gasteiger partial charge on any atom is -0.467 e. The Bertz CT molecular complexity index is 3950. The van der Waals surface area contributed by atoms with Gasteiger partial charge in [0, 0.05) is 32.6 Å². The van der Waals surface area contributed by atoms with Crippen molar-refractivity contribution in [2.75, 3.05) is 26.1 Å². The van der Waals surface area contributed by atoms with Crippen molar-refractivity contribution in [2.24, 2.45) is 0 Å². The maximum absolute atomic E-state index is 14.4. The van der Waals surface area contributed by atoms with Gasteiger partial charge >= 0.3 is 12.1 Å². The van der Waals surface area contributed by atoms with Gasteiger partial charge in [0.15, 0.2) is 0 Å². The van der Waals surface area contributed by atoms with Crippen molar-refractivity contribution in [3.8, 4) is 0 Å². The van der Waals surface area contributed by atoms with E-state index < -0.39 is 187 Å². The third kappa shape index (κ3) is 27.9. The molecule has 110 heavy (non-hydrogen) atoms. The summed E-state index contributed by atoms with van der Waals surface area (Å²) in [7, 11) is 4.81. The Morgan fingerprint density at radius 1 is 0.327 bits per heavy atom. The zero-order valence-electron chi connectivity index (χ0n) is 68.2. The molecule has 0 fully saturated rings. The first-order valence-electron chi connectivity index (χ1n) is 35.9. The molecule has 0 unspecified atom stereocenters. The molecular weight excluding hydrogens is 1420 g/mol. The summed E-state index contributed by atoms with van der Waals surface area (Å²) in [6.07, 6.45) is -1.11. The number of nitrogens with zero attached hydrogens (tertiary/aromatic N) is 1. The Morgan fingerprint density at radius 3 is 0.891 bits per heavy atom. The Labute approximate surface area is 643 Å². The molecule has 0 spiro atoms. The quantitative estimate of drug-likeness (QED) is 0.0357. The van der Waals surface area contributed by atoms with Gasteiger partial charge in [-0.05, 0) is 193 Å². The highest BCUT2D eigenvalue weighted by Crippen LogP contribution is 2.21. The number of nitrogens with one attached hydrogen (secondary N) is 15. The highest BCUT2D eigenvalue weighted by Gasteiger charge is 2.43. The second-order valence-corrected chi connectivity index (χ2v) is 32.4. The molecule has 3 rings (SSSR count). The van der Waals surface area contributed by atoms with E-state index in [1.54, 1.807) is 51.1 Å². The Morgan fingerprint density at radius 2 is 0.591 bits per heavy atom. The van der Waals surface area contributed by atoms with E-state index in [0.717, 1.165) is 23.6 Å². The monoisotopic (exact) mass is 1540 g/mol. The average Bonchev–Trinajstić information content (AvgIpc) is 0.824. The van der Waals surface area contributed by atoms with Crippen molar-refractivity contribution >= 4 is 111 Å². The lowest BCUT2D eigenvalue weighted by molar-refractivity contribution is -0.145. The smallest absolute Gasteiger partial charge is 0.408 e. The molecule has 34 nitrogen and oxygen atoms in total. The van der Waals surface area contributed by atoms with Crippen LogP contribution in [0.4, 0.5) is 10.5 Å². The summed E-state index contributed by atoms with van der Waals surface area (Å²) in [5, 5.41) is 40.1. The van der Waals surface area contributed by atoms with Gasteiger partial charge in [0.05, 0.1) is 7.11 Å². The molecule has 608 valence electrons. The summed E-state index contributed by atoms with van der Waals surface area (Å²) in [5.74, 6) is -12.4. The predicted octanol–water partition coefficient (Wildman–Crippen LogP) is 0.534. The Kier molecular flexibility index (Phi) is 31.7. The highest BCUT2D eigenvalue weighted by atomic mass is 16.6. The minimum absolute atomic E-state index is 0.126. The van der Waals surface area contributed by atoms with Crippen LogP contribution in [0.5, 0.6) is 0 Å². The number of fused-ring (bicyclic) bond motifs is 1. The van der Waals surface area contributed by atoms with Crippen LogP contribution in [0, 0.1) is 0 Å². The molecule has 8 atom stereocenters. The van der Waals surface area contributed by atoms with Crippen molar-refractivity contribution in [2.45, 2.75) is 265 Å². The molecule has 15 amide bonds. The van der Waals surface area contributed by atoms with E-state index >= 15 is 0 Å². The molecule has 15 N–H and O–H groups in total. The summed E-state index contributed by atoms with van der Waals surface area (Å²) in [6.45, 7) is 32.0. The summed E-state index contributed by atoms with van der Waals surface area (Å²) in [6, 6.07) is 9.57. The van der Waals surface area contributed by atoms with E-state index in [4.69, 9.17) is 4.74 Å². The van der Waals surface area contributed by atoms with E-state index in [1.807, 2.05) is 55.4 Å². The zero-order chi connectivity index (χ0) is 84.5. The van der Waals surface area contributed by atoms with Crippen LogP contribution in [0.15, 0.2) is 66.7 Å². The van der Waals surface area contributed by atoms with Crippen molar-refractivity contribution in [1.82, 2.24) is 79.8 Å². The van der Waals surface area contributed by atoms with Gasteiger partial charge < -0.3 is 94.1 Å². The first kappa shape index (κ1) is 93.2. The molecule has 0 bridgehead atoms. The van der Waals surface area contributed by atoms with Crippen LogP contribution in [-0.2, 0) is 94.2 Å². The van der Waals surface area contributed by atoms with Crippen molar-refractivity contribution in [3.63, 3.8) is 0 Å². The van der Waals surface area contributed by atoms with Gasteiger partial charge in [-0.3, -0.25) is 67.1 Å². The third-order valence-corrected chi connectivity index (χ3v) is 17.4. The van der Waals surface area contributed by atoms with Crippen LogP contribution >= 0.6 is 0 Å². The summed E-state index contributed by atoms with van der Waals surface area (Å²) < 4.78 is 9.85. The molecule has 3 aromatic rings. The molecule has 0 radical (unpaired) electrons. The number of hydrogen-bond donors (Lipinski definition) is 15. The van der Waals surface area contributed by atoms with Gasteiger partial charge in [-0.15, -0.1) is 0 Å². The van der Waals surface area contributed by atoms with Crippen molar-refractivity contribution in [1.29, 1.82) is 0 Å². The maximum atomic E-state index is 14.4. The van der Waals surface area contributed by atoms with Crippen LogP contribution in [0.1, 0.15) is 170 Å².